The number of esters is 2. The molecule has 16 bridgehead atoms. The van der Waals surface area contributed by atoms with E-state index in [0.717, 1.165) is 142 Å². The van der Waals surface area contributed by atoms with Gasteiger partial charge in [0.1, 0.15) is 19.0 Å². The Labute approximate surface area is 482 Å². The number of nitrogens with zero attached hydrogens (tertiary/aromatic N) is 5. The molecule has 0 aromatic carbocycles. The number of hydrogen-bond donors (Lipinski definition) is 5. The van der Waals surface area contributed by atoms with Gasteiger partial charge in [0.25, 0.3) is 0 Å². The van der Waals surface area contributed by atoms with Gasteiger partial charge in [-0.1, -0.05) is 34.6 Å². The minimum absolute atomic E-state index is 0.0200. The molecule has 83 heavy (non-hydrogen) atoms. The first-order valence-electron chi connectivity index (χ1n) is 29.5. The lowest BCUT2D eigenvalue weighted by Gasteiger charge is -2.18. The van der Waals surface area contributed by atoms with Crippen LogP contribution < -0.4 is 5.32 Å². The molecule has 0 saturated carbocycles. The highest BCUT2D eigenvalue weighted by molar-refractivity contribution is 6.21. The number of ketones is 2. The molecular weight excluding hydrogens is 1040 g/mol. The van der Waals surface area contributed by atoms with Crippen LogP contribution >= 0.6 is 0 Å². The number of aryl methyl sites for hydroxylation is 2. The standard InChI is InChI=1S/C67H72N8O8/c1-12-38-29(3)46-24-55-44(28-76)33(7)45(70-55)22-48-31(5)40(64(72-48)42-20-57(78)62-35(9)51(74-66(42)62)25-53(38)68-46)14-16-59(80)82-18-19-83-60(81)17-15-41-32(6)49-23-50-34(8)61(37(11)77)56(71-50)27-47-30(4)39(13-2)54(69-47)26-52-36(10)63-58(79)21-43(65(41)73-49)67(63)75-52/h22-27,30-32,39-41,71-72,75-76,78H,12-21,28H2,1-11H3/t30-,31+,32+,39-,40+,41+/m1/s1. The Morgan fingerprint density at radius 1 is 0.699 bits per heavy atom. The molecule has 0 unspecified atom stereocenters. The minimum atomic E-state index is -0.442. The molecule has 1 fully saturated rings. The third-order valence-electron chi connectivity index (χ3n) is 19.2. The summed E-state index contributed by atoms with van der Waals surface area (Å²) in [6.45, 7) is 21.7. The van der Waals surface area contributed by atoms with Crippen LogP contribution in [0.25, 0.3) is 22.1 Å². The van der Waals surface area contributed by atoms with Crippen LogP contribution in [0.2, 0.25) is 0 Å². The van der Waals surface area contributed by atoms with Crippen molar-refractivity contribution in [3.8, 4) is 0 Å². The van der Waals surface area contributed by atoms with Crippen LogP contribution in [0.5, 0.6) is 0 Å². The summed E-state index contributed by atoms with van der Waals surface area (Å²) in [7, 11) is 0. The molecule has 9 aliphatic rings. The predicted molar refractivity (Wildman–Crippen MR) is 321 cm³/mol. The topological polar surface area (TPSA) is 234 Å². The van der Waals surface area contributed by atoms with Gasteiger partial charge in [-0.2, -0.15) is 0 Å². The predicted octanol–water partition coefficient (Wildman–Crippen LogP) is 12.4. The zero-order valence-corrected chi connectivity index (χ0v) is 49.3. The summed E-state index contributed by atoms with van der Waals surface area (Å²) in [5.74, 6) is -1.08. The van der Waals surface area contributed by atoms with Gasteiger partial charge in [-0.05, 0) is 137 Å². The molecule has 16 nitrogen and oxygen atoms in total. The van der Waals surface area contributed by atoms with Crippen molar-refractivity contribution in [3.63, 3.8) is 0 Å². The highest BCUT2D eigenvalue weighted by atomic mass is 16.6. The molecule has 2 aliphatic carbocycles. The second-order valence-electron chi connectivity index (χ2n) is 23.8. The van der Waals surface area contributed by atoms with Crippen LogP contribution in [0, 0.1) is 25.7 Å². The van der Waals surface area contributed by atoms with Gasteiger partial charge in [0.2, 0.25) is 0 Å². The largest absolute Gasteiger partial charge is 0.511 e. The minimum Gasteiger partial charge on any atom is -0.511 e. The maximum atomic E-state index is 14.0. The van der Waals surface area contributed by atoms with E-state index in [9.17, 15) is 29.4 Å². The maximum Gasteiger partial charge on any atom is 0.305 e. The Hall–Kier alpha value is -8.11. The molecule has 7 aliphatic heterocycles. The van der Waals surface area contributed by atoms with E-state index in [-0.39, 0.29) is 98.3 Å². The van der Waals surface area contributed by atoms with Crippen molar-refractivity contribution in [1.82, 2.24) is 25.3 Å². The number of nitrogens with one attached hydrogen (secondary N) is 3. The number of carbonyl (C=O) groups is 4. The highest BCUT2D eigenvalue weighted by Gasteiger charge is 2.42. The molecule has 12 rings (SSSR count). The Kier molecular flexibility index (Phi) is 14.2. The van der Waals surface area contributed by atoms with E-state index >= 15 is 0 Å². The number of Topliss-reactive ketones (excluding diaryl/α,β-unsaturated/α-hetero) is 2. The molecular formula is C67H72N8O8. The first-order valence-corrected chi connectivity index (χ1v) is 29.5. The second-order valence-corrected chi connectivity index (χ2v) is 23.8. The summed E-state index contributed by atoms with van der Waals surface area (Å²) in [5.41, 5.74) is 22.6. The molecule has 3 aromatic heterocycles. The Balaban J connectivity index is 0.758. The lowest BCUT2D eigenvalue weighted by Crippen LogP contribution is -2.18. The Morgan fingerprint density at radius 2 is 1.33 bits per heavy atom. The van der Waals surface area contributed by atoms with Crippen molar-refractivity contribution in [2.24, 2.45) is 26.8 Å². The Morgan fingerprint density at radius 3 is 2.01 bits per heavy atom. The maximum absolute atomic E-state index is 14.0. The molecule has 1 saturated heterocycles. The van der Waals surface area contributed by atoms with Crippen molar-refractivity contribution < 1.29 is 38.9 Å². The number of aliphatic hydroxyl groups is 2. The first-order chi connectivity index (χ1) is 39.8. The molecule has 3 aromatic rings. The van der Waals surface area contributed by atoms with E-state index < -0.39 is 11.9 Å². The third-order valence-corrected chi connectivity index (χ3v) is 19.2. The number of rotatable bonds is 13. The first kappa shape index (κ1) is 55.4. The number of fused-ring (bicyclic) bond motifs is 13. The summed E-state index contributed by atoms with van der Waals surface area (Å²) in [4.78, 5) is 87.3. The molecule has 428 valence electrons. The van der Waals surface area contributed by atoms with Crippen molar-refractivity contribution in [3.05, 3.63) is 160 Å². The van der Waals surface area contributed by atoms with E-state index in [1.807, 2.05) is 58.1 Å². The van der Waals surface area contributed by atoms with Crippen LogP contribution in [0.4, 0.5) is 0 Å². The molecule has 0 amide bonds. The number of aromatic amines is 2. The van der Waals surface area contributed by atoms with Gasteiger partial charge >= 0.3 is 11.9 Å². The number of carbonyl (C=O) groups excluding carboxylic acids is 4. The summed E-state index contributed by atoms with van der Waals surface area (Å²) in [6, 6.07) is 6.08. The van der Waals surface area contributed by atoms with Crippen LogP contribution in [0.15, 0.2) is 125 Å². The molecule has 0 spiro atoms. The zero-order chi connectivity index (χ0) is 58.6. The van der Waals surface area contributed by atoms with E-state index in [4.69, 9.17) is 34.4 Å². The van der Waals surface area contributed by atoms with Gasteiger partial charge in [-0.25, -0.2) is 15.0 Å². The van der Waals surface area contributed by atoms with Crippen LogP contribution in [-0.4, -0.2) is 90.6 Å². The van der Waals surface area contributed by atoms with Crippen molar-refractivity contribution in [2.75, 3.05) is 19.8 Å². The third kappa shape index (κ3) is 9.28. The molecule has 16 heteroatoms. The van der Waals surface area contributed by atoms with E-state index in [0.29, 0.717) is 40.9 Å². The van der Waals surface area contributed by atoms with Gasteiger partial charge in [0.15, 0.2) is 11.6 Å². The van der Waals surface area contributed by atoms with E-state index in [2.05, 4.69) is 62.9 Å². The van der Waals surface area contributed by atoms with Gasteiger partial charge in [-0.15, -0.1) is 0 Å². The highest BCUT2D eigenvalue weighted by Crippen LogP contribution is 2.48. The van der Waals surface area contributed by atoms with Crippen molar-refractivity contribution >= 4 is 62.7 Å². The summed E-state index contributed by atoms with van der Waals surface area (Å²) < 4.78 is 11.4. The second kappa shape index (κ2) is 21.3. The average molecular weight is 1120 g/mol. The molecule has 0 radical (unpaired) electrons. The lowest BCUT2D eigenvalue weighted by molar-refractivity contribution is -0.152. The van der Waals surface area contributed by atoms with Crippen molar-refractivity contribution in [2.45, 2.75) is 151 Å². The van der Waals surface area contributed by atoms with Gasteiger partial charge in [0.05, 0.1) is 57.6 Å². The number of aromatic nitrogens is 4. The fraction of sp³-hybridized carbons (Fsp3) is 0.418. The van der Waals surface area contributed by atoms with Gasteiger partial charge in [0, 0.05) is 134 Å². The summed E-state index contributed by atoms with van der Waals surface area (Å²) >= 11 is 0. The Bertz CT molecular complexity index is 4020. The summed E-state index contributed by atoms with van der Waals surface area (Å²) in [5, 5.41) is 25.9. The quantitative estimate of drug-likeness (QED) is 0.0613. The monoisotopic (exact) mass is 1120 g/mol. The average Bonchev–Trinajstić information content (AvgIpc) is 2.39. The summed E-state index contributed by atoms with van der Waals surface area (Å²) in [6.07, 6.45) is 9.03. The number of aliphatic hydroxyl groups excluding tert-OH is 2. The lowest BCUT2D eigenvalue weighted by atomic mass is 9.85. The SMILES string of the molecule is CCC1=C(C)C2=NC1=CC1=C(C)C3=C(O)CC(=C4NC(=CC5=NC(=C2)C(CO)=C5C)[C@@H](C)[C@@H]4CCC(=O)OCCOC(=O)CC[C@@H]2c4nc(cc5[nH]c(cc6nc(cc7[nH]c8c4CC(=O)c8c7C)[C@H](CC)[C@H]6C)c(C(C)=O)c5C)[C@H]2C)C3=N1. The van der Waals surface area contributed by atoms with Gasteiger partial charge in [-0.3, -0.25) is 29.1 Å². The smallest absolute Gasteiger partial charge is 0.305 e. The molecule has 6 atom stereocenters. The number of hydrogen-bond acceptors (Lipinski definition) is 14. The zero-order valence-electron chi connectivity index (χ0n) is 49.3. The van der Waals surface area contributed by atoms with Gasteiger partial charge < -0.3 is 35.0 Å². The molecule has 5 N–H and O–H groups in total. The van der Waals surface area contributed by atoms with Crippen molar-refractivity contribution in [1.29, 1.82) is 0 Å². The van der Waals surface area contributed by atoms with E-state index in [1.165, 1.54) is 0 Å². The number of ether oxygens (including phenoxy) is 2. The van der Waals surface area contributed by atoms with Crippen LogP contribution in [-0.2, 0) is 25.5 Å². The number of allylic oxidation sites excluding steroid dienone is 11. The number of H-pyrrole nitrogens is 2. The fourth-order valence-corrected chi connectivity index (χ4v) is 14.3. The fourth-order valence-electron chi connectivity index (χ4n) is 14.3. The number of aliphatic imine (C=N–C) groups is 3. The van der Waals surface area contributed by atoms with Crippen LogP contribution in [0.3, 0.4) is 0 Å². The van der Waals surface area contributed by atoms with Crippen LogP contribution in [0.1, 0.15) is 191 Å². The molecule has 10 heterocycles. The van der Waals surface area contributed by atoms with E-state index in [1.54, 1.807) is 6.92 Å². The normalized spacial score (nSPS) is 23.3.